The third-order valence-electron chi connectivity index (χ3n) is 13.0. The van der Waals surface area contributed by atoms with Gasteiger partial charge in [-0.25, -0.2) is 15.0 Å². The summed E-state index contributed by atoms with van der Waals surface area (Å²) in [5, 5.41) is 28.4. The maximum atomic E-state index is 11.3. The molecule has 0 bridgehead atoms. The van der Waals surface area contributed by atoms with Crippen molar-refractivity contribution >= 4 is 103 Å². The summed E-state index contributed by atoms with van der Waals surface area (Å²) >= 11 is 3.38. The van der Waals surface area contributed by atoms with Gasteiger partial charge in [-0.1, -0.05) is 0 Å². The first-order valence-corrected chi connectivity index (χ1v) is 25.6. The second-order valence-electron chi connectivity index (χ2n) is 17.6. The summed E-state index contributed by atoms with van der Waals surface area (Å²) in [4.78, 5) is 31.1. The minimum absolute atomic E-state index is 0.0266. The SMILES string of the molecule is Cn1c2ccncc2c2ccc(Br)nc21.Cn1c2ccncc2c2ccc(N3CCC(O)CC3)nc21.Cn1c2ccncc2c2ccc(N3CCC(OS(C)(=O)=O)CC3)nc21.OC1CCNCC1. The molecule has 0 unspecified atom stereocenters. The summed E-state index contributed by atoms with van der Waals surface area (Å²) in [7, 11) is 2.67. The number of fused-ring (bicyclic) bond motifs is 9. The fraction of sp³-hybridized carbons (Fsp3) is 0.388. The van der Waals surface area contributed by atoms with Crippen LogP contribution < -0.4 is 15.1 Å². The van der Waals surface area contributed by atoms with Crippen molar-refractivity contribution in [3.63, 3.8) is 0 Å². The number of halogens is 1. The number of nitrogens with zero attached hydrogens (tertiary/aromatic N) is 11. The molecule has 0 saturated carbocycles. The van der Waals surface area contributed by atoms with Gasteiger partial charge in [-0.2, -0.15) is 8.42 Å². The van der Waals surface area contributed by atoms with Gasteiger partial charge in [-0.05, 0) is 122 Å². The minimum Gasteiger partial charge on any atom is -0.393 e. The second-order valence-corrected chi connectivity index (χ2v) is 20.0. The predicted octanol–water partition coefficient (Wildman–Crippen LogP) is 6.76. The van der Waals surface area contributed by atoms with Gasteiger partial charge < -0.3 is 39.0 Å². The summed E-state index contributed by atoms with van der Waals surface area (Å²) in [5.41, 5.74) is 6.31. The third kappa shape index (κ3) is 10.3. The number of aliphatic hydroxyl groups excluding tert-OH is 2. The lowest BCUT2D eigenvalue weighted by Crippen LogP contribution is -2.38. The maximum absolute atomic E-state index is 11.3. The lowest BCUT2D eigenvalue weighted by atomic mass is 10.1. The smallest absolute Gasteiger partial charge is 0.264 e. The van der Waals surface area contributed by atoms with Crippen LogP contribution >= 0.6 is 15.9 Å². The van der Waals surface area contributed by atoms with Gasteiger partial charge in [0.1, 0.15) is 33.2 Å². The Morgan fingerprint density at radius 1 is 0.559 bits per heavy atom. The Morgan fingerprint density at radius 2 is 0.956 bits per heavy atom. The van der Waals surface area contributed by atoms with Crippen molar-refractivity contribution < 1.29 is 22.8 Å². The predicted molar refractivity (Wildman–Crippen MR) is 272 cm³/mol. The Bertz CT molecular complexity index is 3320. The fourth-order valence-corrected chi connectivity index (χ4v) is 10.4. The molecular formula is C49H57BrN12O5S. The van der Waals surface area contributed by atoms with Crippen LogP contribution in [-0.4, -0.2) is 126 Å². The number of nitrogens with one attached hydrogen (secondary N) is 1. The molecule has 9 aromatic rings. The summed E-state index contributed by atoms with van der Waals surface area (Å²) in [6.07, 6.45) is 16.6. The molecule has 3 N–H and O–H groups in total. The molecule has 3 aliphatic heterocycles. The third-order valence-corrected chi connectivity index (χ3v) is 14.1. The van der Waals surface area contributed by atoms with Crippen LogP contribution in [0, 0.1) is 0 Å². The highest BCUT2D eigenvalue weighted by molar-refractivity contribution is 9.10. The van der Waals surface area contributed by atoms with Crippen LogP contribution in [0.3, 0.4) is 0 Å². The van der Waals surface area contributed by atoms with E-state index in [9.17, 15) is 13.5 Å². The van der Waals surface area contributed by atoms with Gasteiger partial charge in [0.05, 0.1) is 41.1 Å². The lowest BCUT2D eigenvalue weighted by molar-refractivity contribution is 0.137. The molecule has 3 fully saturated rings. The van der Waals surface area contributed by atoms with E-state index in [-0.39, 0.29) is 18.3 Å². The van der Waals surface area contributed by atoms with Crippen LogP contribution in [-0.2, 0) is 35.4 Å². The van der Waals surface area contributed by atoms with Gasteiger partial charge in [-0.15, -0.1) is 0 Å². The first kappa shape index (κ1) is 47.2. The minimum atomic E-state index is -3.40. The molecule has 0 aliphatic carbocycles. The maximum Gasteiger partial charge on any atom is 0.264 e. The zero-order valence-electron chi connectivity index (χ0n) is 38.7. The highest BCUT2D eigenvalue weighted by atomic mass is 79.9. The molecule has 356 valence electrons. The highest BCUT2D eigenvalue weighted by Gasteiger charge is 2.25. The summed E-state index contributed by atoms with van der Waals surface area (Å²) in [6.45, 7) is 5.16. The molecule has 0 amide bonds. The van der Waals surface area contributed by atoms with Gasteiger partial charge >= 0.3 is 0 Å². The number of pyridine rings is 6. The first-order chi connectivity index (χ1) is 32.8. The van der Waals surface area contributed by atoms with E-state index in [1.54, 1.807) is 12.4 Å². The Kier molecular flexibility index (Phi) is 14.2. The van der Waals surface area contributed by atoms with E-state index in [1.165, 1.54) is 0 Å². The number of piperidine rings is 3. The largest absolute Gasteiger partial charge is 0.393 e. The molecule has 68 heavy (non-hydrogen) atoms. The lowest BCUT2D eigenvalue weighted by Gasteiger charge is -2.32. The van der Waals surface area contributed by atoms with Crippen molar-refractivity contribution in [1.29, 1.82) is 0 Å². The van der Waals surface area contributed by atoms with Gasteiger partial charge in [0, 0.05) is 117 Å². The molecule has 0 radical (unpaired) electrons. The van der Waals surface area contributed by atoms with Crippen LogP contribution in [0.5, 0.6) is 0 Å². The van der Waals surface area contributed by atoms with E-state index in [2.05, 4.69) is 88.9 Å². The molecule has 12 heterocycles. The highest BCUT2D eigenvalue weighted by Crippen LogP contribution is 2.31. The van der Waals surface area contributed by atoms with Gasteiger partial charge in [0.2, 0.25) is 0 Å². The molecule has 12 rings (SSSR count). The molecule has 3 saturated heterocycles. The number of hydrogen-bond donors (Lipinski definition) is 3. The van der Waals surface area contributed by atoms with Crippen LogP contribution in [0.25, 0.3) is 65.8 Å². The summed E-state index contributed by atoms with van der Waals surface area (Å²) < 4.78 is 34.8. The first-order valence-electron chi connectivity index (χ1n) is 23.0. The average molecular weight is 1010 g/mol. The van der Waals surface area contributed by atoms with Crippen LogP contribution in [0.15, 0.2) is 96.4 Å². The van der Waals surface area contributed by atoms with Crippen molar-refractivity contribution in [2.24, 2.45) is 21.1 Å². The molecule has 0 aromatic carbocycles. The molecule has 9 aromatic heterocycles. The number of aromatic nitrogens is 9. The van der Waals surface area contributed by atoms with E-state index >= 15 is 0 Å². The van der Waals surface area contributed by atoms with Crippen LogP contribution in [0.4, 0.5) is 11.6 Å². The van der Waals surface area contributed by atoms with E-state index < -0.39 is 10.1 Å². The van der Waals surface area contributed by atoms with Crippen molar-refractivity contribution in [3.8, 4) is 0 Å². The molecule has 17 nitrogen and oxygen atoms in total. The number of hydrogen-bond acceptors (Lipinski definition) is 14. The van der Waals surface area contributed by atoms with Crippen molar-refractivity contribution in [3.05, 3.63) is 96.4 Å². The Balaban J connectivity index is 0.000000121. The van der Waals surface area contributed by atoms with E-state index in [4.69, 9.17) is 19.3 Å². The van der Waals surface area contributed by atoms with Gasteiger partial charge in [-0.3, -0.25) is 19.1 Å². The summed E-state index contributed by atoms with van der Waals surface area (Å²) in [5.74, 6) is 1.90. The second kappa shape index (κ2) is 20.4. The van der Waals surface area contributed by atoms with E-state index in [0.29, 0.717) is 12.8 Å². The topological polar surface area (TPSA) is 194 Å². The Labute approximate surface area is 403 Å². The van der Waals surface area contributed by atoms with Gasteiger partial charge in [0.15, 0.2) is 0 Å². The molecular weight excluding hydrogens is 949 g/mol. The van der Waals surface area contributed by atoms with Crippen molar-refractivity contribution in [1.82, 2.24) is 48.9 Å². The fourth-order valence-electron chi connectivity index (χ4n) is 9.39. The molecule has 0 spiro atoms. The zero-order valence-corrected chi connectivity index (χ0v) is 41.1. The Hall–Kier alpha value is -5.83. The van der Waals surface area contributed by atoms with Crippen LogP contribution in [0.1, 0.15) is 38.5 Å². The van der Waals surface area contributed by atoms with Gasteiger partial charge in [0.25, 0.3) is 10.1 Å². The van der Waals surface area contributed by atoms with Crippen LogP contribution in [0.2, 0.25) is 0 Å². The van der Waals surface area contributed by atoms with Crippen molar-refractivity contribution in [2.75, 3.05) is 55.3 Å². The summed E-state index contributed by atoms with van der Waals surface area (Å²) in [6, 6.07) is 18.3. The number of aliphatic hydroxyl groups is 2. The number of aryl methyl sites for hydroxylation is 3. The monoisotopic (exact) mass is 1000 g/mol. The quantitative estimate of drug-likeness (QED) is 0.124. The number of anilines is 2. The normalized spacial score (nSPS) is 16.5. The molecule has 0 atom stereocenters. The molecule has 3 aliphatic rings. The standard InChI is InChI=1S/C17H20N4O3S.C16H18N4O.C11H8BrN3.C5H11NO/c1-20-15-5-8-18-11-14(15)13-3-4-16(19-17(13)20)21-9-6-12(7-10-21)24-25(2,22)23;1-19-14-4-7-17-10-13(14)12-2-3-15(18-16(12)19)20-8-5-11(21)6-9-20;1-15-9-4-5-13-6-8(9)7-2-3-10(12)14-11(7)15;7-5-1-3-6-4-2-5/h3-5,8,11-12H,6-7,9-10H2,1-2H3;2-4,7,10-11,21H,5-6,8-9H2,1H3;2-6H,1H3;5-7H,1-4H2. The number of rotatable bonds is 4. The van der Waals surface area contributed by atoms with E-state index in [0.717, 1.165) is 153 Å². The van der Waals surface area contributed by atoms with E-state index in [1.807, 2.05) is 76.3 Å². The average Bonchev–Trinajstić information content (AvgIpc) is 3.92. The van der Waals surface area contributed by atoms with Crippen molar-refractivity contribution in [2.45, 2.75) is 56.8 Å². The Morgan fingerprint density at radius 3 is 1.37 bits per heavy atom. The zero-order chi connectivity index (χ0) is 47.5. The molecule has 19 heteroatoms.